The zero-order valence-electron chi connectivity index (χ0n) is 22.4. The number of amides is 2. The van der Waals surface area contributed by atoms with Gasteiger partial charge in [0.1, 0.15) is 17.4 Å². The lowest BCUT2D eigenvalue weighted by Gasteiger charge is -2.30. The van der Waals surface area contributed by atoms with Crippen LogP contribution in [0.2, 0.25) is 0 Å². The molecule has 4 aliphatic rings. The smallest absolute Gasteiger partial charge is 0.254 e. The number of anilines is 1. The van der Waals surface area contributed by atoms with E-state index in [1.807, 2.05) is 64.2 Å². The van der Waals surface area contributed by atoms with Gasteiger partial charge in [-0.05, 0) is 78.9 Å². The number of fused-ring (bicyclic) bond motifs is 2. The molecule has 0 saturated carbocycles. The number of pyridine rings is 1. The fourth-order valence-corrected chi connectivity index (χ4v) is 6.89. The molecule has 0 spiro atoms. The van der Waals surface area contributed by atoms with Crippen LogP contribution < -0.4 is 4.90 Å². The average molecular weight is 537 g/mol. The van der Waals surface area contributed by atoms with E-state index in [-0.39, 0.29) is 17.9 Å². The van der Waals surface area contributed by atoms with E-state index in [2.05, 4.69) is 10.1 Å². The third-order valence-electron chi connectivity index (χ3n) is 8.96. The average Bonchev–Trinajstić information content (AvgIpc) is 3.79. The highest BCUT2D eigenvalue weighted by molar-refractivity contribution is 6.01. The summed E-state index contributed by atoms with van der Waals surface area (Å²) in [6.45, 7) is 3.85. The van der Waals surface area contributed by atoms with Gasteiger partial charge in [0.15, 0.2) is 0 Å². The normalized spacial score (nSPS) is 24.3. The molecule has 3 atom stereocenters. The lowest BCUT2D eigenvalue weighted by molar-refractivity contribution is -0.141. The molecule has 9 nitrogen and oxygen atoms in total. The highest BCUT2D eigenvalue weighted by atomic mass is 16.3. The Morgan fingerprint density at radius 1 is 0.975 bits per heavy atom. The Labute approximate surface area is 232 Å². The Balaban J connectivity index is 1.01. The number of aromatic nitrogens is 2. The first-order valence-electron chi connectivity index (χ1n) is 14.2. The third kappa shape index (κ3) is 4.39. The maximum atomic E-state index is 13.7. The Morgan fingerprint density at radius 2 is 1.77 bits per heavy atom. The fourth-order valence-electron chi connectivity index (χ4n) is 6.89. The zero-order chi connectivity index (χ0) is 27.2. The summed E-state index contributed by atoms with van der Waals surface area (Å²) in [5.41, 5.74) is 5.03. The number of rotatable bonds is 5. The van der Waals surface area contributed by atoms with Gasteiger partial charge in [-0.2, -0.15) is 0 Å². The number of likely N-dealkylation sites (tertiary alicyclic amines) is 2. The van der Waals surface area contributed by atoms with Gasteiger partial charge in [0.05, 0.1) is 5.69 Å². The minimum Gasteiger partial charge on any atom is -0.371 e. The summed E-state index contributed by atoms with van der Waals surface area (Å²) in [5, 5.41) is 2.99. The summed E-state index contributed by atoms with van der Waals surface area (Å²) in [7, 11) is 0. The Morgan fingerprint density at radius 3 is 2.52 bits per heavy atom. The van der Waals surface area contributed by atoms with E-state index in [0.29, 0.717) is 29.6 Å². The Kier molecular flexibility index (Phi) is 6.21. The van der Waals surface area contributed by atoms with E-state index in [0.717, 1.165) is 74.5 Å². The van der Waals surface area contributed by atoms with Crippen LogP contribution in [-0.2, 0) is 9.59 Å². The molecular weight excluding hydrogens is 504 g/mol. The van der Waals surface area contributed by atoms with Gasteiger partial charge in [0, 0.05) is 68.2 Å². The third-order valence-corrected chi connectivity index (χ3v) is 8.96. The molecular formula is C31H32N6O3. The maximum absolute atomic E-state index is 13.7. The second kappa shape index (κ2) is 10.0. The van der Waals surface area contributed by atoms with Crippen LogP contribution in [0.25, 0.3) is 11.2 Å². The molecule has 1 aromatic carbocycles. The van der Waals surface area contributed by atoms with Gasteiger partial charge in [0.2, 0.25) is 5.91 Å². The van der Waals surface area contributed by atoms with E-state index in [9.17, 15) is 14.5 Å². The van der Waals surface area contributed by atoms with E-state index in [1.54, 1.807) is 17.0 Å². The van der Waals surface area contributed by atoms with Crippen molar-refractivity contribution in [1.29, 1.82) is 0 Å². The van der Waals surface area contributed by atoms with Crippen molar-refractivity contribution in [3.63, 3.8) is 0 Å². The van der Waals surface area contributed by atoms with Crippen molar-refractivity contribution in [2.45, 2.75) is 31.7 Å². The molecule has 3 unspecified atom stereocenters. The van der Waals surface area contributed by atoms with Crippen molar-refractivity contribution >= 4 is 34.4 Å². The number of hydrogen-bond donors (Lipinski definition) is 0. The van der Waals surface area contributed by atoms with Crippen molar-refractivity contribution in [3.05, 3.63) is 83.2 Å². The topological polar surface area (TPSA) is 90.6 Å². The van der Waals surface area contributed by atoms with Crippen molar-refractivity contribution in [2.24, 2.45) is 17.0 Å². The Hall–Kier alpha value is -4.27. The molecule has 9 heteroatoms. The predicted octanol–water partition coefficient (Wildman–Crippen LogP) is 4.42. The van der Waals surface area contributed by atoms with Gasteiger partial charge in [0.25, 0.3) is 5.91 Å². The lowest BCUT2D eigenvalue weighted by Crippen LogP contribution is -2.48. The fraction of sp³-hybridized carbons (Fsp3) is 0.387. The van der Waals surface area contributed by atoms with Crippen LogP contribution in [-0.4, -0.2) is 69.8 Å². The number of carbonyl (C=O) groups is 2. The number of nitrogens with zero attached hydrogens (tertiary/aromatic N) is 6. The molecule has 3 saturated heterocycles. The molecule has 2 aromatic heterocycles. The van der Waals surface area contributed by atoms with Crippen LogP contribution >= 0.6 is 0 Å². The molecule has 7 rings (SSSR count). The van der Waals surface area contributed by atoms with Gasteiger partial charge in [-0.25, -0.2) is 4.98 Å². The van der Waals surface area contributed by atoms with Crippen molar-refractivity contribution in [2.75, 3.05) is 37.6 Å². The molecule has 2 amide bonds. The molecule has 3 fully saturated rings. The maximum Gasteiger partial charge on any atom is 0.254 e. The van der Waals surface area contributed by atoms with Crippen LogP contribution in [0.4, 0.5) is 11.4 Å². The monoisotopic (exact) mass is 536 g/mol. The molecule has 204 valence electrons. The van der Waals surface area contributed by atoms with Crippen LogP contribution in [0.1, 0.15) is 31.4 Å². The molecule has 40 heavy (non-hydrogen) atoms. The molecule has 1 aliphatic carbocycles. The second-order valence-corrected chi connectivity index (χ2v) is 11.4. The molecule has 0 radical (unpaired) electrons. The zero-order valence-corrected chi connectivity index (χ0v) is 22.4. The number of nitroso groups, excluding NO2 is 1. The van der Waals surface area contributed by atoms with Crippen molar-refractivity contribution in [1.82, 2.24) is 19.2 Å². The highest BCUT2D eigenvalue weighted by Crippen LogP contribution is 2.36. The summed E-state index contributed by atoms with van der Waals surface area (Å²) in [6, 6.07) is 12.9. The number of carbonyl (C=O) groups excluding carboxylic acids is 2. The quantitative estimate of drug-likeness (QED) is 0.450. The summed E-state index contributed by atoms with van der Waals surface area (Å²) < 4.78 is 2.00. The lowest BCUT2D eigenvalue weighted by atomic mass is 9.96. The summed E-state index contributed by atoms with van der Waals surface area (Å²) in [4.78, 5) is 49.0. The van der Waals surface area contributed by atoms with Crippen LogP contribution in [0, 0.1) is 16.7 Å². The van der Waals surface area contributed by atoms with Gasteiger partial charge in [-0.15, -0.1) is 4.91 Å². The number of hydrogen-bond acceptors (Lipinski definition) is 6. The van der Waals surface area contributed by atoms with Crippen LogP contribution in [0.3, 0.4) is 0 Å². The molecule has 3 aromatic rings. The summed E-state index contributed by atoms with van der Waals surface area (Å²) in [5.74, 6) is 0.871. The molecule has 5 heterocycles. The highest BCUT2D eigenvalue weighted by Gasteiger charge is 2.45. The SMILES string of the molecule is O=Nc1ccc(N2CC3CN(C(=O)C4CCCN4C(=O)C4=CCCC(c5cn6ccccc6n5)=C4)CC3C2)cc1. The van der Waals surface area contributed by atoms with E-state index >= 15 is 0 Å². The van der Waals surface area contributed by atoms with E-state index in [4.69, 9.17) is 4.98 Å². The van der Waals surface area contributed by atoms with Crippen molar-refractivity contribution < 1.29 is 9.59 Å². The minimum absolute atomic E-state index is 0.0457. The van der Waals surface area contributed by atoms with Crippen LogP contribution in [0.15, 0.2) is 77.8 Å². The van der Waals surface area contributed by atoms with Gasteiger partial charge in [-0.3, -0.25) is 9.59 Å². The number of allylic oxidation sites excluding steroid dienone is 2. The van der Waals surface area contributed by atoms with Crippen LogP contribution in [0.5, 0.6) is 0 Å². The van der Waals surface area contributed by atoms with E-state index in [1.165, 1.54) is 0 Å². The molecule has 0 bridgehead atoms. The second-order valence-electron chi connectivity index (χ2n) is 11.4. The minimum atomic E-state index is -0.388. The molecule has 0 N–H and O–H groups in total. The van der Waals surface area contributed by atoms with E-state index < -0.39 is 0 Å². The first-order chi connectivity index (χ1) is 19.6. The molecule has 3 aliphatic heterocycles. The standard InChI is InChI=1S/C31H32N6O3/c38-30(22-6-3-5-21(15-22)27-20-34-13-2-1-8-29(34)32-27)37-14-4-7-28(37)31(39)36-18-23-16-35(17-24(23)19-36)26-11-9-25(33-40)10-12-26/h1-2,6,8-13,15,20,23-24,28H,3-5,7,14,16-19H2. The summed E-state index contributed by atoms with van der Waals surface area (Å²) >= 11 is 0. The number of benzene rings is 1. The first kappa shape index (κ1) is 24.7. The van der Waals surface area contributed by atoms with Gasteiger partial charge >= 0.3 is 0 Å². The summed E-state index contributed by atoms with van der Waals surface area (Å²) in [6.07, 6.45) is 11.2. The first-order valence-corrected chi connectivity index (χ1v) is 14.2. The Bertz CT molecular complexity index is 1490. The number of imidazole rings is 1. The predicted molar refractivity (Wildman–Crippen MR) is 153 cm³/mol. The van der Waals surface area contributed by atoms with Gasteiger partial charge < -0.3 is 19.1 Å². The largest absolute Gasteiger partial charge is 0.371 e. The van der Waals surface area contributed by atoms with Crippen molar-refractivity contribution in [3.8, 4) is 0 Å². The van der Waals surface area contributed by atoms with Gasteiger partial charge in [-0.1, -0.05) is 12.1 Å².